The summed E-state index contributed by atoms with van der Waals surface area (Å²) in [5.41, 5.74) is 0. The van der Waals surface area contributed by atoms with Gasteiger partial charge in [-0.2, -0.15) is 0 Å². The summed E-state index contributed by atoms with van der Waals surface area (Å²) >= 11 is 0. The van der Waals surface area contributed by atoms with E-state index >= 15 is 0 Å². The number of nitrogens with zero attached hydrogens (tertiary/aromatic N) is 1. The zero-order chi connectivity index (χ0) is 10.4. The summed E-state index contributed by atoms with van der Waals surface area (Å²) in [4.78, 5) is 13.7. The summed E-state index contributed by atoms with van der Waals surface area (Å²) in [6, 6.07) is 0.400. The first kappa shape index (κ1) is 11.5. The number of rotatable bonds is 5. The average Bonchev–Trinajstić information content (AvgIpc) is 2.67. The van der Waals surface area contributed by atoms with Gasteiger partial charge in [0.15, 0.2) is 0 Å². The molecule has 1 aliphatic heterocycles. The number of likely N-dealkylation sites (tertiary alicyclic amines) is 1. The lowest BCUT2D eigenvalue weighted by Crippen LogP contribution is -2.34. The van der Waals surface area contributed by atoms with Crippen LogP contribution in [0.25, 0.3) is 0 Å². The molecular formula is C11H21NO2. The second-order valence-electron chi connectivity index (χ2n) is 3.81. The molecule has 82 valence electrons. The Morgan fingerprint density at radius 3 is 2.50 bits per heavy atom. The molecule has 0 aromatic heterocycles. The van der Waals surface area contributed by atoms with E-state index in [1.54, 1.807) is 0 Å². The molecule has 3 nitrogen and oxygen atoms in total. The zero-order valence-corrected chi connectivity index (χ0v) is 9.29. The van der Waals surface area contributed by atoms with Crippen molar-refractivity contribution in [3.63, 3.8) is 0 Å². The smallest absolute Gasteiger partial charge is 0.307 e. The molecule has 0 unspecified atom stereocenters. The van der Waals surface area contributed by atoms with Crippen LogP contribution >= 0.6 is 0 Å². The highest BCUT2D eigenvalue weighted by molar-refractivity contribution is 5.70. The lowest BCUT2D eigenvalue weighted by molar-refractivity contribution is -0.144. The van der Waals surface area contributed by atoms with Gasteiger partial charge in [0, 0.05) is 6.04 Å². The first-order chi connectivity index (χ1) is 6.77. The molecule has 1 rings (SSSR count). The van der Waals surface area contributed by atoms with Crippen molar-refractivity contribution in [2.75, 3.05) is 19.7 Å². The van der Waals surface area contributed by atoms with Crippen molar-refractivity contribution in [1.82, 2.24) is 4.90 Å². The predicted molar refractivity (Wildman–Crippen MR) is 56.1 cm³/mol. The summed E-state index contributed by atoms with van der Waals surface area (Å²) in [5, 5.41) is 0. The third-order valence-corrected chi connectivity index (χ3v) is 2.84. The summed E-state index contributed by atoms with van der Waals surface area (Å²) in [6.07, 6.45) is 4.15. The van der Waals surface area contributed by atoms with Crippen LogP contribution < -0.4 is 0 Å². The van der Waals surface area contributed by atoms with Gasteiger partial charge in [-0.15, -0.1) is 0 Å². The first-order valence-corrected chi connectivity index (χ1v) is 5.67. The van der Waals surface area contributed by atoms with Gasteiger partial charge in [-0.05, 0) is 39.3 Å². The van der Waals surface area contributed by atoms with Crippen LogP contribution in [-0.2, 0) is 9.53 Å². The van der Waals surface area contributed by atoms with Gasteiger partial charge in [0.2, 0.25) is 0 Å². The van der Waals surface area contributed by atoms with E-state index in [0.29, 0.717) is 19.1 Å². The highest BCUT2D eigenvalue weighted by Gasteiger charge is 2.22. The normalized spacial score (nSPS) is 19.6. The topological polar surface area (TPSA) is 29.5 Å². The zero-order valence-electron chi connectivity index (χ0n) is 9.29. The first-order valence-electron chi connectivity index (χ1n) is 5.67. The Bertz CT molecular complexity index is 176. The molecule has 14 heavy (non-hydrogen) atoms. The summed E-state index contributed by atoms with van der Waals surface area (Å²) in [6.45, 7) is 6.79. The van der Waals surface area contributed by atoms with E-state index in [-0.39, 0.29) is 5.97 Å². The Balaban J connectivity index is 2.33. The van der Waals surface area contributed by atoms with Crippen molar-refractivity contribution in [3.05, 3.63) is 0 Å². The molecule has 1 aliphatic rings. The second kappa shape index (κ2) is 6.02. The molecule has 0 aliphatic carbocycles. The molecular weight excluding hydrogens is 178 g/mol. The molecule has 0 spiro atoms. The Kier molecular flexibility index (Phi) is 4.94. The van der Waals surface area contributed by atoms with Crippen LogP contribution in [0.5, 0.6) is 0 Å². The van der Waals surface area contributed by atoms with E-state index in [1.165, 1.54) is 12.8 Å². The molecule has 0 amide bonds. The molecule has 1 atom stereocenters. The lowest BCUT2D eigenvalue weighted by Gasteiger charge is -2.25. The van der Waals surface area contributed by atoms with Gasteiger partial charge in [-0.1, -0.05) is 6.92 Å². The average molecular weight is 199 g/mol. The molecule has 1 saturated heterocycles. The summed E-state index contributed by atoms with van der Waals surface area (Å²) < 4.78 is 4.97. The highest BCUT2D eigenvalue weighted by atomic mass is 16.5. The molecule has 3 heteroatoms. The maximum absolute atomic E-state index is 11.3. The number of hydrogen-bond acceptors (Lipinski definition) is 3. The van der Waals surface area contributed by atoms with Crippen LogP contribution in [-0.4, -0.2) is 36.6 Å². The van der Waals surface area contributed by atoms with Gasteiger partial charge >= 0.3 is 5.97 Å². The third kappa shape index (κ3) is 3.29. The number of ether oxygens (including phenoxy) is 1. The minimum atomic E-state index is -0.0498. The number of hydrogen-bond donors (Lipinski definition) is 0. The molecule has 0 N–H and O–H groups in total. The van der Waals surface area contributed by atoms with Gasteiger partial charge in [-0.3, -0.25) is 9.69 Å². The SMILES string of the molecule is CCOC(=O)C[C@H](CC)N1CCCC1. The van der Waals surface area contributed by atoms with E-state index in [1.807, 2.05) is 6.92 Å². The molecule has 1 fully saturated rings. The molecule has 0 radical (unpaired) electrons. The van der Waals surface area contributed by atoms with E-state index in [0.717, 1.165) is 19.5 Å². The van der Waals surface area contributed by atoms with Gasteiger partial charge in [0.1, 0.15) is 0 Å². The van der Waals surface area contributed by atoms with Crippen LogP contribution in [0.15, 0.2) is 0 Å². The van der Waals surface area contributed by atoms with Gasteiger partial charge < -0.3 is 4.74 Å². The van der Waals surface area contributed by atoms with Crippen LogP contribution in [0.1, 0.15) is 39.5 Å². The fourth-order valence-electron chi connectivity index (χ4n) is 2.05. The summed E-state index contributed by atoms with van der Waals surface area (Å²) in [5.74, 6) is -0.0498. The van der Waals surface area contributed by atoms with Crippen molar-refractivity contribution < 1.29 is 9.53 Å². The standard InChI is InChI=1S/C11H21NO2/c1-3-10(9-11(13)14-4-2)12-7-5-6-8-12/h10H,3-9H2,1-2H3/t10-/m0/s1. The van der Waals surface area contributed by atoms with Crippen molar-refractivity contribution in [3.8, 4) is 0 Å². The Morgan fingerprint density at radius 1 is 1.36 bits per heavy atom. The maximum Gasteiger partial charge on any atom is 0.307 e. The lowest BCUT2D eigenvalue weighted by atomic mass is 10.1. The molecule has 0 saturated carbocycles. The maximum atomic E-state index is 11.3. The monoisotopic (exact) mass is 199 g/mol. The highest BCUT2D eigenvalue weighted by Crippen LogP contribution is 2.16. The van der Waals surface area contributed by atoms with Crippen molar-refractivity contribution >= 4 is 5.97 Å². The van der Waals surface area contributed by atoms with Crippen molar-refractivity contribution in [1.29, 1.82) is 0 Å². The summed E-state index contributed by atoms with van der Waals surface area (Å²) in [7, 11) is 0. The third-order valence-electron chi connectivity index (χ3n) is 2.84. The predicted octanol–water partition coefficient (Wildman–Crippen LogP) is 1.81. The minimum Gasteiger partial charge on any atom is -0.466 e. The minimum absolute atomic E-state index is 0.0498. The van der Waals surface area contributed by atoms with E-state index < -0.39 is 0 Å². The largest absolute Gasteiger partial charge is 0.466 e. The van der Waals surface area contributed by atoms with Gasteiger partial charge in [-0.25, -0.2) is 0 Å². The van der Waals surface area contributed by atoms with E-state index in [4.69, 9.17) is 4.74 Å². The van der Waals surface area contributed by atoms with Gasteiger partial charge in [0.25, 0.3) is 0 Å². The Hall–Kier alpha value is -0.570. The van der Waals surface area contributed by atoms with Crippen LogP contribution in [0.2, 0.25) is 0 Å². The fraction of sp³-hybridized carbons (Fsp3) is 0.909. The Morgan fingerprint density at radius 2 is 2.00 bits per heavy atom. The van der Waals surface area contributed by atoms with Crippen LogP contribution in [0, 0.1) is 0 Å². The van der Waals surface area contributed by atoms with Crippen molar-refractivity contribution in [2.24, 2.45) is 0 Å². The molecule has 0 aromatic rings. The fourth-order valence-corrected chi connectivity index (χ4v) is 2.05. The second-order valence-corrected chi connectivity index (χ2v) is 3.81. The number of carbonyl (C=O) groups is 1. The number of carbonyl (C=O) groups excluding carboxylic acids is 1. The van der Waals surface area contributed by atoms with E-state index in [2.05, 4.69) is 11.8 Å². The van der Waals surface area contributed by atoms with Crippen LogP contribution in [0.3, 0.4) is 0 Å². The molecule has 1 heterocycles. The molecule has 0 bridgehead atoms. The quantitative estimate of drug-likeness (QED) is 0.632. The molecule has 0 aromatic carbocycles. The van der Waals surface area contributed by atoms with E-state index in [9.17, 15) is 4.79 Å². The Labute approximate surface area is 86.4 Å². The number of esters is 1. The van der Waals surface area contributed by atoms with Crippen LogP contribution in [0.4, 0.5) is 0 Å². The van der Waals surface area contributed by atoms with Crippen molar-refractivity contribution in [2.45, 2.75) is 45.6 Å². The van der Waals surface area contributed by atoms with Gasteiger partial charge in [0.05, 0.1) is 13.0 Å².